The van der Waals surface area contributed by atoms with Crippen LogP contribution in [0.15, 0.2) is 42.4 Å². The van der Waals surface area contributed by atoms with Crippen LogP contribution in [-0.2, 0) is 15.9 Å². The van der Waals surface area contributed by atoms with Crippen LogP contribution in [-0.4, -0.2) is 33.1 Å². The molecule has 1 aliphatic heterocycles. The molecular formula is C20H27BFN3O2. The number of rotatable bonds is 5. The zero-order valence-electron chi connectivity index (χ0n) is 16.9. The lowest BCUT2D eigenvalue weighted by Gasteiger charge is -2.32. The van der Waals surface area contributed by atoms with Crippen molar-refractivity contribution in [1.82, 2.24) is 14.8 Å². The summed E-state index contributed by atoms with van der Waals surface area (Å²) in [5.41, 5.74) is 1.33. The molecule has 5 nitrogen and oxygen atoms in total. The van der Waals surface area contributed by atoms with Crippen LogP contribution >= 0.6 is 0 Å². The molecule has 0 amide bonds. The molecule has 1 saturated heterocycles. The number of pyridine rings is 1. The van der Waals surface area contributed by atoms with E-state index in [1.807, 2.05) is 50.6 Å². The molecule has 0 radical (unpaired) electrons. The van der Waals surface area contributed by atoms with E-state index in [0.717, 1.165) is 17.0 Å². The zero-order valence-corrected chi connectivity index (χ0v) is 16.9. The summed E-state index contributed by atoms with van der Waals surface area (Å²) in [5, 5.41) is 4.65. The van der Waals surface area contributed by atoms with Gasteiger partial charge in [0.1, 0.15) is 5.73 Å². The van der Waals surface area contributed by atoms with Gasteiger partial charge >= 0.3 is 7.12 Å². The second-order valence-electron chi connectivity index (χ2n) is 8.20. The Morgan fingerprint density at radius 1 is 1.19 bits per heavy atom. The van der Waals surface area contributed by atoms with Gasteiger partial charge in [0.2, 0.25) is 0 Å². The summed E-state index contributed by atoms with van der Waals surface area (Å²) in [5.74, 6) is 0.265. The number of nitrogens with zero attached hydrogens (tertiary/aromatic N) is 3. The van der Waals surface area contributed by atoms with Crippen LogP contribution in [0.3, 0.4) is 0 Å². The highest BCUT2D eigenvalue weighted by molar-refractivity contribution is 6.53. The van der Waals surface area contributed by atoms with Gasteiger partial charge in [-0.05, 0) is 57.9 Å². The molecule has 0 saturated carbocycles. The molecule has 7 heteroatoms. The Hall–Kier alpha value is -1.99. The predicted molar refractivity (Wildman–Crippen MR) is 105 cm³/mol. The molecule has 3 heterocycles. The Morgan fingerprint density at radius 3 is 2.33 bits per heavy atom. The minimum absolute atomic E-state index is 0.265. The topological polar surface area (TPSA) is 49.2 Å². The van der Waals surface area contributed by atoms with Gasteiger partial charge in [-0.25, -0.2) is 4.39 Å². The van der Waals surface area contributed by atoms with Crippen LogP contribution < -0.4 is 0 Å². The summed E-state index contributed by atoms with van der Waals surface area (Å²) < 4.78 is 28.1. The van der Waals surface area contributed by atoms with Crippen molar-refractivity contribution in [3.05, 3.63) is 48.1 Å². The molecule has 0 aliphatic carbocycles. The third kappa shape index (κ3) is 3.99. The number of allylic oxidation sites excluding steroid dienone is 1. The van der Waals surface area contributed by atoms with Crippen LogP contribution in [0.1, 0.15) is 53.2 Å². The molecule has 0 bridgehead atoms. The first kappa shape index (κ1) is 19.8. The number of aromatic nitrogens is 3. The van der Waals surface area contributed by atoms with E-state index < -0.39 is 24.0 Å². The first-order valence-corrected chi connectivity index (χ1v) is 9.30. The van der Waals surface area contributed by atoms with Crippen molar-refractivity contribution in [2.45, 2.75) is 65.2 Å². The maximum atomic E-state index is 14.7. The van der Waals surface area contributed by atoms with Gasteiger partial charge in [-0.3, -0.25) is 9.67 Å². The van der Waals surface area contributed by atoms with Crippen molar-refractivity contribution in [3.8, 4) is 11.3 Å². The monoisotopic (exact) mass is 371 g/mol. The fraction of sp³-hybridized carbons (Fsp3) is 0.500. The molecule has 0 unspecified atom stereocenters. The molecule has 2 aromatic heterocycles. The van der Waals surface area contributed by atoms with Crippen molar-refractivity contribution >= 4 is 7.12 Å². The molecule has 144 valence electrons. The predicted octanol–water partition coefficient (Wildman–Crippen LogP) is 4.55. The van der Waals surface area contributed by atoms with E-state index in [4.69, 9.17) is 9.31 Å². The first-order chi connectivity index (χ1) is 12.6. The summed E-state index contributed by atoms with van der Waals surface area (Å²) in [6.07, 6.45) is 4.96. The van der Waals surface area contributed by atoms with Gasteiger partial charge in [0.05, 0.1) is 23.4 Å². The second kappa shape index (κ2) is 7.21. The average Bonchev–Trinajstić information content (AvgIpc) is 3.12. The van der Waals surface area contributed by atoms with E-state index in [1.165, 1.54) is 6.08 Å². The third-order valence-corrected chi connectivity index (χ3v) is 5.32. The van der Waals surface area contributed by atoms with E-state index in [0.29, 0.717) is 6.54 Å². The Morgan fingerprint density at radius 2 is 1.78 bits per heavy atom. The fourth-order valence-corrected chi connectivity index (χ4v) is 2.93. The summed E-state index contributed by atoms with van der Waals surface area (Å²) in [7, 11) is -0.979. The lowest BCUT2D eigenvalue weighted by Crippen LogP contribution is -2.41. The summed E-state index contributed by atoms with van der Waals surface area (Å²) in [6, 6.07) is 5.87. The molecular weight excluding hydrogens is 344 g/mol. The zero-order chi connectivity index (χ0) is 19.8. The van der Waals surface area contributed by atoms with Gasteiger partial charge in [0, 0.05) is 23.7 Å². The van der Waals surface area contributed by atoms with Crippen LogP contribution in [0.25, 0.3) is 11.3 Å². The highest BCUT2D eigenvalue weighted by atomic mass is 19.1. The van der Waals surface area contributed by atoms with Gasteiger partial charge in [-0.1, -0.05) is 13.8 Å². The molecule has 27 heavy (non-hydrogen) atoms. The molecule has 0 spiro atoms. The smallest absolute Gasteiger partial charge is 0.398 e. The van der Waals surface area contributed by atoms with E-state index in [1.54, 1.807) is 12.4 Å². The van der Waals surface area contributed by atoms with Gasteiger partial charge < -0.3 is 9.31 Å². The molecule has 3 rings (SSSR count). The highest BCUT2D eigenvalue weighted by Crippen LogP contribution is 2.38. The summed E-state index contributed by atoms with van der Waals surface area (Å²) in [6.45, 7) is 12.1. The Kier molecular flexibility index (Phi) is 5.28. The Balaban J connectivity index is 1.81. The SMILES string of the molecule is CC(C)c1cc(-c2ccncc2)nn1CC=C(F)B1OC(C)(C)C(C)(C)O1. The Labute approximate surface area is 160 Å². The van der Waals surface area contributed by atoms with Crippen molar-refractivity contribution < 1.29 is 13.7 Å². The number of hydrogen-bond donors (Lipinski definition) is 0. The van der Waals surface area contributed by atoms with E-state index in [9.17, 15) is 4.39 Å². The largest absolute Gasteiger partial charge is 0.524 e. The van der Waals surface area contributed by atoms with Crippen LogP contribution in [0.4, 0.5) is 4.39 Å². The number of halogens is 1. The second-order valence-corrected chi connectivity index (χ2v) is 8.20. The van der Waals surface area contributed by atoms with Gasteiger partial charge in [-0.2, -0.15) is 5.10 Å². The lowest BCUT2D eigenvalue weighted by atomic mass is 9.88. The molecule has 0 N–H and O–H groups in total. The molecule has 0 atom stereocenters. The summed E-state index contributed by atoms with van der Waals surface area (Å²) >= 11 is 0. The van der Waals surface area contributed by atoms with Crippen LogP contribution in [0.5, 0.6) is 0 Å². The minimum atomic E-state index is -0.979. The maximum Gasteiger partial charge on any atom is 0.524 e. The minimum Gasteiger partial charge on any atom is -0.398 e. The quantitative estimate of drug-likeness (QED) is 0.724. The molecule has 1 aliphatic rings. The third-order valence-electron chi connectivity index (χ3n) is 5.32. The van der Waals surface area contributed by atoms with Crippen LogP contribution in [0, 0.1) is 0 Å². The van der Waals surface area contributed by atoms with Crippen molar-refractivity contribution in [2.24, 2.45) is 0 Å². The standard InChI is InChI=1S/C20H27BFN3O2/c1-14(2)17-13-16(15-7-10-23-11-8-15)24-25(17)12-9-18(22)21-26-19(3,4)20(5,6)27-21/h7-11,13-14H,12H2,1-6H3. The van der Waals surface area contributed by atoms with Crippen LogP contribution in [0.2, 0.25) is 0 Å². The van der Waals surface area contributed by atoms with Gasteiger partial charge in [-0.15, -0.1) is 0 Å². The van der Waals surface area contributed by atoms with Crippen molar-refractivity contribution in [3.63, 3.8) is 0 Å². The average molecular weight is 371 g/mol. The molecule has 2 aromatic rings. The molecule has 0 aromatic carbocycles. The normalized spacial score (nSPS) is 19.1. The van der Waals surface area contributed by atoms with E-state index in [2.05, 4.69) is 23.9 Å². The maximum absolute atomic E-state index is 14.7. The van der Waals surface area contributed by atoms with Gasteiger partial charge in [0.25, 0.3) is 0 Å². The van der Waals surface area contributed by atoms with Gasteiger partial charge in [0.15, 0.2) is 0 Å². The van der Waals surface area contributed by atoms with E-state index >= 15 is 0 Å². The van der Waals surface area contributed by atoms with Crippen molar-refractivity contribution in [2.75, 3.05) is 0 Å². The summed E-state index contributed by atoms with van der Waals surface area (Å²) in [4.78, 5) is 4.04. The molecule has 1 fully saturated rings. The highest BCUT2D eigenvalue weighted by Gasteiger charge is 2.52. The Bertz CT molecular complexity index is 815. The fourth-order valence-electron chi connectivity index (χ4n) is 2.93. The van der Waals surface area contributed by atoms with E-state index in [-0.39, 0.29) is 5.92 Å². The first-order valence-electron chi connectivity index (χ1n) is 9.30. The van der Waals surface area contributed by atoms with Crippen molar-refractivity contribution in [1.29, 1.82) is 0 Å². The lowest BCUT2D eigenvalue weighted by molar-refractivity contribution is 0.00578. The number of hydrogen-bond acceptors (Lipinski definition) is 4.